The third-order valence-electron chi connectivity index (χ3n) is 7.63. The van der Waals surface area contributed by atoms with E-state index in [0.717, 1.165) is 21.4 Å². The van der Waals surface area contributed by atoms with Gasteiger partial charge in [0, 0.05) is 42.0 Å². The Labute approximate surface area is 255 Å². The van der Waals surface area contributed by atoms with E-state index in [1.165, 1.54) is 23.5 Å². The van der Waals surface area contributed by atoms with Crippen molar-refractivity contribution in [1.29, 1.82) is 0 Å². The van der Waals surface area contributed by atoms with E-state index in [-0.39, 0.29) is 17.4 Å². The second-order valence-electron chi connectivity index (χ2n) is 10.5. The van der Waals surface area contributed by atoms with Gasteiger partial charge in [-0.3, -0.25) is 14.8 Å². The number of carbonyl (C=O) groups excluding carboxylic acids is 1. The maximum Gasteiger partial charge on any atom is 0.355 e. The monoisotopic (exact) mass is 604 g/mol. The first-order valence-electron chi connectivity index (χ1n) is 14.0. The van der Waals surface area contributed by atoms with Crippen LogP contribution in [0, 0.1) is 5.82 Å². The molecule has 2 N–H and O–H groups in total. The fourth-order valence-corrected chi connectivity index (χ4v) is 6.33. The van der Waals surface area contributed by atoms with Crippen molar-refractivity contribution in [1.82, 2.24) is 19.7 Å². The van der Waals surface area contributed by atoms with Crippen LogP contribution in [0.15, 0.2) is 91.3 Å². The van der Waals surface area contributed by atoms with Gasteiger partial charge in [0.1, 0.15) is 11.6 Å². The highest BCUT2D eigenvalue weighted by atomic mass is 32.1. The molecule has 0 aliphatic carbocycles. The average Bonchev–Trinajstić information content (AvgIpc) is 3.66. The molecule has 0 fully saturated rings. The first-order valence-corrected chi connectivity index (χ1v) is 14.8. The lowest BCUT2D eigenvalue weighted by Gasteiger charge is -2.31. The van der Waals surface area contributed by atoms with E-state index >= 15 is 0 Å². The van der Waals surface area contributed by atoms with Gasteiger partial charge in [0.15, 0.2) is 10.8 Å². The van der Waals surface area contributed by atoms with Gasteiger partial charge in [0.05, 0.1) is 23.0 Å². The van der Waals surface area contributed by atoms with Crippen molar-refractivity contribution in [3.05, 3.63) is 125 Å². The highest BCUT2D eigenvalue weighted by Crippen LogP contribution is 2.31. The molecule has 3 aromatic carbocycles. The number of fused-ring (bicyclic) bond motifs is 2. The number of aromatic nitrogens is 4. The molecule has 1 aliphatic rings. The number of thiazole rings is 1. The van der Waals surface area contributed by atoms with Crippen molar-refractivity contribution in [2.45, 2.75) is 19.5 Å². The summed E-state index contributed by atoms with van der Waals surface area (Å²) in [4.78, 5) is 36.6. The average molecular weight is 605 g/mol. The standard InChI is InChI=1S/C33H25FN6O3S/c34-23-9-11-28-27(15-23)36-33(44-28)38-31(41)25-8-4-7-21-13-14-39(19-26(21)25)29-12-10-24(30(37-29)32(42)43)22-16-35-40(18-22)17-20-5-2-1-3-6-20/h1-12,15-16,18H,13-14,17,19H2,(H,42,43)(H,36,38,41). The summed E-state index contributed by atoms with van der Waals surface area (Å²) in [7, 11) is 0. The second-order valence-corrected chi connectivity index (χ2v) is 11.5. The van der Waals surface area contributed by atoms with Gasteiger partial charge in [0.2, 0.25) is 0 Å². The van der Waals surface area contributed by atoms with E-state index in [0.29, 0.717) is 59.2 Å². The highest BCUT2D eigenvalue weighted by Gasteiger charge is 2.25. The Kier molecular flexibility index (Phi) is 7.07. The molecule has 3 aromatic heterocycles. The van der Waals surface area contributed by atoms with Crippen molar-refractivity contribution in [2.24, 2.45) is 0 Å². The second kappa shape index (κ2) is 11.3. The summed E-state index contributed by atoms with van der Waals surface area (Å²) < 4.78 is 16.2. The van der Waals surface area contributed by atoms with E-state index in [9.17, 15) is 19.1 Å². The molecular weight excluding hydrogens is 579 g/mol. The van der Waals surface area contributed by atoms with Gasteiger partial charge in [-0.1, -0.05) is 53.8 Å². The molecule has 11 heteroatoms. The van der Waals surface area contributed by atoms with Crippen LogP contribution in [-0.4, -0.2) is 43.3 Å². The number of hydrogen-bond acceptors (Lipinski definition) is 7. The molecule has 1 aliphatic heterocycles. The van der Waals surface area contributed by atoms with Crippen molar-refractivity contribution >= 4 is 44.4 Å². The molecule has 0 bridgehead atoms. The fourth-order valence-electron chi connectivity index (χ4n) is 5.49. The zero-order valence-corrected chi connectivity index (χ0v) is 24.1. The molecule has 0 spiro atoms. The number of carbonyl (C=O) groups is 2. The largest absolute Gasteiger partial charge is 0.476 e. The van der Waals surface area contributed by atoms with Gasteiger partial charge in [-0.2, -0.15) is 5.10 Å². The summed E-state index contributed by atoms with van der Waals surface area (Å²) in [6.07, 6.45) is 4.13. The number of halogens is 1. The SMILES string of the molecule is O=C(Nc1nc2cc(F)ccc2s1)c1cccc2c1CN(c1ccc(-c3cnn(Cc4ccccc4)c3)c(C(=O)O)n1)CC2. The minimum Gasteiger partial charge on any atom is -0.476 e. The minimum absolute atomic E-state index is 0.0640. The molecule has 7 rings (SSSR count). The number of nitrogens with one attached hydrogen (secondary N) is 1. The molecule has 1 amide bonds. The number of amides is 1. The molecule has 0 atom stereocenters. The van der Waals surface area contributed by atoms with Crippen LogP contribution in [0.1, 0.15) is 37.5 Å². The third-order valence-corrected chi connectivity index (χ3v) is 8.58. The van der Waals surface area contributed by atoms with Crippen LogP contribution in [0.2, 0.25) is 0 Å². The van der Waals surface area contributed by atoms with Gasteiger partial charge in [-0.25, -0.2) is 19.2 Å². The molecule has 9 nitrogen and oxygen atoms in total. The van der Waals surface area contributed by atoms with Crippen molar-refractivity contribution < 1.29 is 19.1 Å². The van der Waals surface area contributed by atoms with E-state index in [1.54, 1.807) is 29.1 Å². The fraction of sp³-hybridized carbons (Fsp3) is 0.121. The van der Waals surface area contributed by atoms with Crippen molar-refractivity contribution in [2.75, 3.05) is 16.8 Å². The maximum absolute atomic E-state index is 13.6. The summed E-state index contributed by atoms with van der Waals surface area (Å²) in [6.45, 7) is 1.56. The summed E-state index contributed by atoms with van der Waals surface area (Å²) in [5, 5.41) is 17.8. The zero-order valence-electron chi connectivity index (χ0n) is 23.3. The number of anilines is 2. The van der Waals surface area contributed by atoms with Crippen LogP contribution >= 0.6 is 11.3 Å². The molecule has 44 heavy (non-hydrogen) atoms. The lowest BCUT2D eigenvalue weighted by molar-refractivity contribution is 0.0691. The molecule has 6 aromatic rings. The Hall–Kier alpha value is -5.42. The van der Waals surface area contributed by atoms with Crippen molar-refractivity contribution in [3.8, 4) is 11.1 Å². The summed E-state index contributed by atoms with van der Waals surface area (Å²) >= 11 is 1.28. The normalized spacial score (nSPS) is 12.7. The number of carboxylic acid groups (broad SMARTS) is 1. The topological polar surface area (TPSA) is 113 Å². The first-order chi connectivity index (χ1) is 21.4. The molecular formula is C33H25FN6O3S. The first kappa shape index (κ1) is 27.4. The Balaban J connectivity index is 1.13. The van der Waals surface area contributed by atoms with Crippen molar-refractivity contribution in [3.63, 3.8) is 0 Å². The minimum atomic E-state index is -1.13. The smallest absolute Gasteiger partial charge is 0.355 e. The zero-order chi connectivity index (χ0) is 30.2. The van der Waals surface area contributed by atoms with Gasteiger partial charge >= 0.3 is 5.97 Å². The van der Waals surface area contributed by atoms with E-state index in [1.807, 2.05) is 59.6 Å². The lowest BCUT2D eigenvalue weighted by atomic mass is 9.94. The van der Waals surface area contributed by atoms with Gasteiger partial charge in [0.25, 0.3) is 5.91 Å². The van der Waals surface area contributed by atoms with Gasteiger partial charge in [-0.05, 0) is 53.4 Å². The summed E-state index contributed by atoms with van der Waals surface area (Å²) in [5.74, 6) is -1.32. The molecule has 0 unspecified atom stereocenters. The van der Waals surface area contributed by atoms with Gasteiger partial charge in [-0.15, -0.1) is 0 Å². The van der Waals surface area contributed by atoms with Crippen LogP contribution in [0.4, 0.5) is 15.3 Å². The predicted octanol–water partition coefficient (Wildman–Crippen LogP) is 6.26. The predicted molar refractivity (Wildman–Crippen MR) is 167 cm³/mol. The van der Waals surface area contributed by atoms with E-state index in [4.69, 9.17) is 0 Å². The molecule has 0 radical (unpaired) electrons. The third kappa shape index (κ3) is 5.40. The van der Waals surface area contributed by atoms with Crippen LogP contribution in [0.5, 0.6) is 0 Å². The Morgan fingerprint density at radius 2 is 1.86 bits per heavy atom. The number of hydrogen-bond donors (Lipinski definition) is 2. The Bertz CT molecular complexity index is 2040. The number of pyridine rings is 1. The Morgan fingerprint density at radius 3 is 2.70 bits per heavy atom. The van der Waals surface area contributed by atoms with Crippen LogP contribution in [-0.2, 0) is 19.5 Å². The lowest BCUT2D eigenvalue weighted by Crippen LogP contribution is -2.33. The highest BCUT2D eigenvalue weighted by molar-refractivity contribution is 7.22. The van der Waals surface area contributed by atoms with E-state index in [2.05, 4.69) is 20.4 Å². The molecule has 0 saturated heterocycles. The Morgan fingerprint density at radius 1 is 1.00 bits per heavy atom. The molecule has 0 saturated carbocycles. The summed E-state index contributed by atoms with van der Waals surface area (Å²) in [6, 6.07) is 23.4. The van der Waals surface area contributed by atoms with Gasteiger partial charge < -0.3 is 10.0 Å². The summed E-state index contributed by atoms with van der Waals surface area (Å²) in [5.41, 5.74) is 5.03. The number of nitrogens with zero attached hydrogens (tertiary/aromatic N) is 5. The van der Waals surface area contributed by atoms with Crippen LogP contribution in [0.3, 0.4) is 0 Å². The number of rotatable bonds is 7. The maximum atomic E-state index is 13.6. The molecule has 4 heterocycles. The number of aromatic carboxylic acids is 1. The van der Waals surface area contributed by atoms with Crippen LogP contribution < -0.4 is 10.2 Å². The van der Waals surface area contributed by atoms with E-state index < -0.39 is 5.97 Å². The quantitative estimate of drug-likeness (QED) is 0.221. The molecule has 218 valence electrons. The van der Waals surface area contributed by atoms with Crippen LogP contribution in [0.25, 0.3) is 21.3 Å². The number of carboxylic acids is 1. The number of benzene rings is 3.